The van der Waals surface area contributed by atoms with Crippen molar-refractivity contribution < 1.29 is 13.9 Å². The summed E-state index contributed by atoms with van der Waals surface area (Å²) in [6.07, 6.45) is 4.95. The van der Waals surface area contributed by atoms with Crippen molar-refractivity contribution in [1.82, 2.24) is 29.9 Å². The van der Waals surface area contributed by atoms with Gasteiger partial charge in [-0.25, -0.2) is 9.37 Å². The summed E-state index contributed by atoms with van der Waals surface area (Å²) in [6.45, 7) is 19.3. The first-order chi connectivity index (χ1) is 19.6. The van der Waals surface area contributed by atoms with E-state index in [9.17, 15) is 9.18 Å². The van der Waals surface area contributed by atoms with Gasteiger partial charge >= 0.3 is 0 Å². The number of nitrogens with zero attached hydrogens (tertiary/aromatic N) is 7. The van der Waals surface area contributed by atoms with E-state index in [-0.39, 0.29) is 34.6 Å². The molecule has 0 saturated carbocycles. The lowest BCUT2D eigenvalue weighted by Gasteiger charge is -2.53. The van der Waals surface area contributed by atoms with Crippen LogP contribution in [0.5, 0.6) is 11.6 Å². The maximum Gasteiger partial charge on any atom is 0.282 e. The number of rotatable bonds is 13. The van der Waals surface area contributed by atoms with Crippen LogP contribution in [-0.4, -0.2) is 101 Å². The van der Waals surface area contributed by atoms with Crippen molar-refractivity contribution in [3.63, 3.8) is 0 Å². The molecule has 226 valence electrons. The van der Waals surface area contributed by atoms with E-state index in [2.05, 4.69) is 57.7 Å². The second kappa shape index (κ2) is 13.4. The molecule has 1 spiro atoms. The number of carbonyl (C=O) groups is 1. The maximum absolute atomic E-state index is 14.2. The Morgan fingerprint density at radius 3 is 2.56 bits per heavy atom. The Morgan fingerprint density at radius 1 is 1.15 bits per heavy atom. The van der Waals surface area contributed by atoms with Gasteiger partial charge in [0.15, 0.2) is 5.82 Å². The average Bonchev–Trinajstić information content (AvgIpc) is 3.37. The number of aromatic nitrogens is 3. The summed E-state index contributed by atoms with van der Waals surface area (Å²) in [5, 5.41) is 8.21. The molecule has 2 aliphatic rings. The highest BCUT2D eigenvalue weighted by Gasteiger charge is 2.50. The first-order valence-corrected chi connectivity index (χ1v) is 15.2. The summed E-state index contributed by atoms with van der Waals surface area (Å²) in [5.74, 6) is 0.926. The van der Waals surface area contributed by atoms with Gasteiger partial charge in [0.25, 0.3) is 11.8 Å². The van der Waals surface area contributed by atoms with Gasteiger partial charge in [-0.15, -0.1) is 10.2 Å². The summed E-state index contributed by atoms with van der Waals surface area (Å²) < 4.78 is 20.4. The molecular weight excluding hydrogens is 521 g/mol. The second-order valence-electron chi connectivity index (χ2n) is 12.4. The van der Waals surface area contributed by atoms with Crippen LogP contribution >= 0.6 is 0 Å². The van der Waals surface area contributed by atoms with Crippen LogP contribution in [0, 0.1) is 17.2 Å². The van der Waals surface area contributed by atoms with Crippen LogP contribution in [0.1, 0.15) is 71.2 Å². The summed E-state index contributed by atoms with van der Waals surface area (Å²) in [5.41, 5.74) is 0.389. The first-order valence-electron chi connectivity index (χ1n) is 15.2. The molecule has 2 aromatic rings. The van der Waals surface area contributed by atoms with Gasteiger partial charge in [-0.1, -0.05) is 20.8 Å². The lowest BCUT2D eigenvalue weighted by atomic mass is 9.76. The minimum absolute atomic E-state index is 0.0341. The fraction of sp³-hybridized carbons (Fsp3) is 0.677. The maximum atomic E-state index is 14.2. The molecule has 1 aromatic carbocycles. The highest BCUT2D eigenvalue weighted by atomic mass is 19.1. The molecule has 1 unspecified atom stereocenters. The van der Waals surface area contributed by atoms with Gasteiger partial charge in [-0.05, 0) is 84.3 Å². The largest absolute Gasteiger partial charge is 0.434 e. The predicted molar refractivity (Wildman–Crippen MR) is 160 cm³/mol. The van der Waals surface area contributed by atoms with Crippen molar-refractivity contribution in [3.8, 4) is 11.6 Å². The van der Waals surface area contributed by atoms with Gasteiger partial charge in [-0.2, -0.15) is 0 Å². The number of amides is 1. The molecule has 2 aliphatic heterocycles. The molecule has 0 N–H and O–H groups in total. The second-order valence-corrected chi connectivity index (χ2v) is 12.4. The number of hydrogen-bond acceptors (Lipinski definition) is 8. The van der Waals surface area contributed by atoms with Crippen LogP contribution in [-0.2, 0) is 0 Å². The average molecular weight is 570 g/mol. The van der Waals surface area contributed by atoms with Crippen LogP contribution in [0.2, 0.25) is 0 Å². The molecular formula is C31H48FN7O2. The number of hydrogen-bond donors (Lipinski definition) is 0. The standard InChI is InChI=1S/C31H48FN7O2/c1-8-36(7)15-10-11-26(22(3)4)38-19-31(20-38)14-16-37(18-31)28-29(35-34-21-33-28)41-27-13-12-24(32)17-25(27)30(40)39(9-2)23(5)6/h12-13,17,21-23,26H,8-11,14-16,18-20H2,1-7H3. The molecule has 1 aromatic heterocycles. The van der Waals surface area contributed by atoms with E-state index >= 15 is 0 Å². The summed E-state index contributed by atoms with van der Waals surface area (Å²) >= 11 is 0. The van der Waals surface area contributed by atoms with Gasteiger partial charge in [-0.3, -0.25) is 9.69 Å². The van der Waals surface area contributed by atoms with Gasteiger partial charge in [0.05, 0.1) is 5.56 Å². The van der Waals surface area contributed by atoms with Crippen LogP contribution in [0.15, 0.2) is 24.5 Å². The van der Waals surface area contributed by atoms with E-state index in [0.29, 0.717) is 24.3 Å². The minimum atomic E-state index is -0.494. The van der Waals surface area contributed by atoms with Crippen LogP contribution in [0.4, 0.5) is 10.2 Å². The monoisotopic (exact) mass is 569 g/mol. The van der Waals surface area contributed by atoms with Crippen LogP contribution in [0.3, 0.4) is 0 Å². The van der Waals surface area contributed by atoms with E-state index in [4.69, 9.17) is 4.74 Å². The zero-order valence-electron chi connectivity index (χ0n) is 25.9. The Morgan fingerprint density at radius 2 is 1.90 bits per heavy atom. The summed E-state index contributed by atoms with van der Waals surface area (Å²) in [7, 11) is 2.19. The third kappa shape index (κ3) is 7.15. The predicted octanol–water partition coefficient (Wildman–Crippen LogP) is 4.94. The van der Waals surface area contributed by atoms with E-state index < -0.39 is 5.82 Å². The zero-order valence-corrected chi connectivity index (χ0v) is 25.9. The molecule has 41 heavy (non-hydrogen) atoms. The van der Waals surface area contributed by atoms with Gasteiger partial charge < -0.3 is 19.4 Å². The summed E-state index contributed by atoms with van der Waals surface area (Å²) in [6, 6.07) is 4.57. The van der Waals surface area contributed by atoms with E-state index in [1.54, 1.807) is 4.90 Å². The van der Waals surface area contributed by atoms with Crippen molar-refractivity contribution in [2.24, 2.45) is 11.3 Å². The molecule has 3 heterocycles. The first kappa shape index (κ1) is 31.1. The Balaban J connectivity index is 1.45. The minimum Gasteiger partial charge on any atom is -0.434 e. The van der Waals surface area contributed by atoms with E-state index in [1.807, 2.05) is 20.8 Å². The Labute approximate surface area is 245 Å². The van der Waals surface area contributed by atoms with Crippen molar-refractivity contribution in [1.29, 1.82) is 0 Å². The SMILES string of the molecule is CCN(C)CCCC(C(C)C)N1CC2(CCN(c3ncnnc3Oc3ccc(F)cc3C(=O)N(CC)C(C)C)C2)C1. The van der Waals surface area contributed by atoms with Crippen LogP contribution < -0.4 is 9.64 Å². The molecule has 1 atom stereocenters. The molecule has 4 rings (SSSR count). The van der Waals surface area contributed by atoms with Crippen molar-refractivity contribution in [3.05, 3.63) is 35.9 Å². The van der Waals surface area contributed by atoms with Gasteiger partial charge in [0.2, 0.25) is 0 Å². The number of carbonyl (C=O) groups excluding carboxylic acids is 1. The molecule has 0 radical (unpaired) electrons. The Hall–Kier alpha value is -2.85. The van der Waals surface area contributed by atoms with Crippen LogP contribution in [0.25, 0.3) is 0 Å². The molecule has 1 amide bonds. The van der Waals surface area contributed by atoms with Crippen molar-refractivity contribution >= 4 is 11.7 Å². The summed E-state index contributed by atoms with van der Waals surface area (Å²) in [4.78, 5) is 26.8. The van der Waals surface area contributed by atoms with E-state index in [0.717, 1.165) is 45.7 Å². The van der Waals surface area contributed by atoms with Crippen molar-refractivity contribution in [2.75, 3.05) is 57.8 Å². The number of anilines is 1. The molecule has 0 aliphatic carbocycles. The highest BCUT2D eigenvalue weighted by Crippen LogP contribution is 2.44. The Bertz CT molecular complexity index is 1170. The smallest absolute Gasteiger partial charge is 0.282 e. The quantitative estimate of drug-likeness (QED) is 0.336. The molecule has 2 saturated heterocycles. The Kier molecular flexibility index (Phi) is 10.2. The van der Waals surface area contributed by atoms with Gasteiger partial charge in [0, 0.05) is 50.2 Å². The number of halogens is 1. The third-order valence-electron chi connectivity index (χ3n) is 8.81. The lowest BCUT2D eigenvalue weighted by Crippen LogP contribution is -2.62. The van der Waals surface area contributed by atoms with Gasteiger partial charge in [0.1, 0.15) is 17.9 Å². The highest BCUT2D eigenvalue weighted by molar-refractivity contribution is 5.97. The topological polar surface area (TPSA) is 77.9 Å². The lowest BCUT2D eigenvalue weighted by molar-refractivity contribution is -0.0344. The molecule has 10 heteroatoms. The number of ether oxygens (including phenoxy) is 1. The third-order valence-corrected chi connectivity index (χ3v) is 8.81. The molecule has 2 fully saturated rings. The van der Waals surface area contributed by atoms with Crippen molar-refractivity contribution in [2.45, 2.75) is 72.9 Å². The number of benzene rings is 1. The fourth-order valence-corrected chi connectivity index (χ4v) is 6.39. The molecule has 0 bridgehead atoms. The van der Waals surface area contributed by atoms with E-state index in [1.165, 1.54) is 37.4 Å². The normalized spacial score (nSPS) is 17.5. The molecule has 9 nitrogen and oxygen atoms in total. The zero-order chi connectivity index (χ0) is 29.7. The fourth-order valence-electron chi connectivity index (χ4n) is 6.39. The number of likely N-dealkylation sites (tertiary alicyclic amines) is 1.